The van der Waals surface area contributed by atoms with Gasteiger partial charge in [-0.25, -0.2) is 4.68 Å². The molecule has 2 aromatic heterocycles. The molecule has 0 atom stereocenters. The van der Waals surface area contributed by atoms with Crippen molar-refractivity contribution in [3.63, 3.8) is 0 Å². The molecule has 0 radical (unpaired) electrons. The molecular weight excluding hydrogens is 144 g/mol. The van der Waals surface area contributed by atoms with Gasteiger partial charge in [-0.1, -0.05) is 10.4 Å². The van der Waals surface area contributed by atoms with Gasteiger partial charge in [-0.15, -0.1) is 5.10 Å². The van der Waals surface area contributed by atoms with Gasteiger partial charge < -0.3 is 4.52 Å². The van der Waals surface area contributed by atoms with Gasteiger partial charge >= 0.3 is 0 Å². The number of hydrogen-bond acceptors (Lipinski definition) is 4. The standard InChI is InChI=1S/C6H6N4O/c1-10-6(4-7-9-10)5-2-3-11-8-5/h2-4H,1H3. The molecule has 0 unspecified atom stereocenters. The highest BCUT2D eigenvalue weighted by Crippen LogP contribution is 2.12. The van der Waals surface area contributed by atoms with Crippen molar-refractivity contribution in [3.05, 3.63) is 18.5 Å². The Bertz CT molecular complexity index is 337. The van der Waals surface area contributed by atoms with Crippen molar-refractivity contribution in [1.82, 2.24) is 20.2 Å². The maximum atomic E-state index is 4.67. The van der Waals surface area contributed by atoms with Crippen LogP contribution in [0.5, 0.6) is 0 Å². The Labute approximate surface area is 62.6 Å². The number of rotatable bonds is 1. The molecule has 0 aliphatic carbocycles. The Balaban J connectivity index is 2.53. The van der Waals surface area contributed by atoms with Crippen LogP contribution in [0.15, 0.2) is 23.0 Å². The van der Waals surface area contributed by atoms with E-state index in [1.165, 1.54) is 6.26 Å². The lowest BCUT2D eigenvalue weighted by Crippen LogP contribution is -1.93. The quantitative estimate of drug-likeness (QED) is 0.593. The topological polar surface area (TPSA) is 56.7 Å². The molecule has 11 heavy (non-hydrogen) atoms. The number of nitrogens with zero attached hydrogens (tertiary/aromatic N) is 4. The summed E-state index contributed by atoms with van der Waals surface area (Å²) in [5.41, 5.74) is 1.59. The zero-order valence-electron chi connectivity index (χ0n) is 5.93. The minimum Gasteiger partial charge on any atom is -0.364 e. The minimum atomic E-state index is 0.748. The van der Waals surface area contributed by atoms with Crippen molar-refractivity contribution in [3.8, 4) is 11.4 Å². The van der Waals surface area contributed by atoms with Crippen LogP contribution in [0, 0.1) is 0 Å². The maximum Gasteiger partial charge on any atom is 0.133 e. The lowest BCUT2D eigenvalue weighted by molar-refractivity contribution is 0.421. The zero-order chi connectivity index (χ0) is 7.68. The highest BCUT2D eigenvalue weighted by atomic mass is 16.5. The van der Waals surface area contributed by atoms with E-state index in [0.717, 1.165) is 11.4 Å². The predicted octanol–water partition coefficient (Wildman–Crippen LogP) is 0.470. The molecule has 0 saturated heterocycles. The molecule has 0 saturated carbocycles. The van der Waals surface area contributed by atoms with Crippen molar-refractivity contribution in [2.45, 2.75) is 0 Å². The lowest BCUT2D eigenvalue weighted by atomic mass is 10.3. The second kappa shape index (κ2) is 2.19. The average molecular weight is 150 g/mol. The van der Waals surface area contributed by atoms with E-state index < -0.39 is 0 Å². The molecule has 2 aromatic rings. The Morgan fingerprint density at radius 3 is 3.00 bits per heavy atom. The monoisotopic (exact) mass is 150 g/mol. The number of hydrogen-bond donors (Lipinski definition) is 0. The first-order chi connectivity index (χ1) is 5.38. The molecule has 0 aliphatic rings. The highest BCUT2D eigenvalue weighted by molar-refractivity contribution is 5.50. The van der Waals surface area contributed by atoms with Crippen LogP contribution in [-0.4, -0.2) is 20.2 Å². The molecule has 0 aromatic carbocycles. The summed E-state index contributed by atoms with van der Waals surface area (Å²) in [4.78, 5) is 0. The van der Waals surface area contributed by atoms with Gasteiger partial charge in [-0.2, -0.15) is 0 Å². The van der Waals surface area contributed by atoms with Gasteiger partial charge in [0.2, 0.25) is 0 Å². The van der Waals surface area contributed by atoms with E-state index in [0.29, 0.717) is 0 Å². The summed E-state index contributed by atoms with van der Waals surface area (Å²) < 4.78 is 6.31. The van der Waals surface area contributed by atoms with Gasteiger partial charge in [-0.05, 0) is 0 Å². The van der Waals surface area contributed by atoms with Gasteiger partial charge in [0, 0.05) is 13.1 Å². The van der Waals surface area contributed by atoms with Crippen LogP contribution in [0.4, 0.5) is 0 Å². The van der Waals surface area contributed by atoms with Crippen molar-refractivity contribution >= 4 is 0 Å². The van der Waals surface area contributed by atoms with E-state index in [1.54, 1.807) is 24.0 Å². The predicted molar refractivity (Wildman–Crippen MR) is 36.5 cm³/mol. The fraction of sp³-hybridized carbons (Fsp3) is 0.167. The van der Waals surface area contributed by atoms with Crippen LogP contribution in [0.1, 0.15) is 0 Å². The third-order valence-electron chi connectivity index (χ3n) is 1.41. The summed E-state index contributed by atoms with van der Waals surface area (Å²) in [5.74, 6) is 0. The van der Waals surface area contributed by atoms with Crippen molar-refractivity contribution in [1.29, 1.82) is 0 Å². The maximum absolute atomic E-state index is 4.67. The van der Waals surface area contributed by atoms with E-state index in [9.17, 15) is 0 Å². The van der Waals surface area contributed by atoms with Crippen LogP contribution < -0.4 is 0 Å². The molecule has 2 rings (SSSR count). The van der Waals surface area contributed by atoms with Gasteiger partial charge in [0.15, 0.2) is 0 Å². The van der Waals surface area contributed by atoms with E-state index in [-0.39, 0.29) is 0 Å². The highest BCUT2D eigenvalue weighted by Gasteiger charge is 2.04. The first-order valence-electron chi connectivity index (χ1n) is 3.13. The Morgan fingerprint density at radius 1 is 1.55 bits per heavy atom. The molecule has 5 nitrogen and oxygen atoms in total. The van der Waals surface area contributed by atoms with Crippen LogP contribution in [0.2, 0.25) is 0 Å². The van der Waals surface area contributed by atoms with Crippen LogP contribution >= 0.6 is 0 Å². The molecule has 5 heteroatoms. The van der Waals surface area contributed by atoms with E-state index >= 15 is 0 Å². The third-order valence-corrected chi connectivity index (χ3v) is 1.41. The third kappa shape index (κ3) is 0.899. The Morgan fingerprint density at radius 2 is 2.45 bits per heavy atom. The lowest BCUT2D eigenvalue weighted by Gasteiger charge is -1.91. The summed E-state index contributed by atoms with van der Waals surface area (Å²) >= 11 is 0. The van der Waals surface area contributed by atoms with Crippen LogP contribution in [0.3, 0.4) is 0 Å². The molecule has 0 bridgehead atoms. The van der Waals surface area contributed by atoms with Gasteiger partial charge in [0.25, 0.3) is 0 Å². The van der Waals surface area contributed by atoms with E-state index in [1.807, 2.05) is 0 Å². The van der Waals surface area contributed by atoms with Crippen LogP contribution in [0.25, 0.3) is 11.4 Å². The van der Waals surface area contributed by atoms with Gasteiger partial charge in [0.05, 0.1) is 6.20 Å². The molecule has 0 N–H and O–H groups in total. The molecule has 0 spiro atoms. The number of aryl methyl sites for hydroxylation is 1. The molecule has 0 aliphatic heterocycles. The zero-order valence-corrected chi connectivity index (χ0v) is 5.93. The first-order valence-corrected chi connectivity index (χ1v) is 3.13. The molecule has 2 heterocycles. The van der Waals surface area contributed by atoms with Gasteiger partial charge in [0.1, 0.15) is 17.7 Å². The molecule has 0 amide bonds. The summed E-state index contributed by atoms with van der Waals surface area (Å²) in [5, 5.41) is 11.2. The summed E-state index contributed by atoms with van der Waals surface area (Å²) in [6, 6.07) is 1.76. The van der Waals surface area contributed by atoms with Crippen molar-refractivity contribution in [2.75, 3.05) is 0 Å². The van der Waals surface area contributed by atoms with Crippen molar-refractivity contribution in [2.24, 2.45) is 7.05 Å². The van der Waals surface area contributed by atoms with E-state index in [2.05, 4.69) is 20.0 Å². The second-order valence-electron chi connectivity index (χ2n) is 2.13. The van der Waals surface area contributed by atoms with E-state index in [4.69, 9.17) is 0 Å². The Kier molecular flexibility index (Phi) is 1.21. The Hall–Kier alpha value is -1.65. The van der Waals surface area contributed by atoms with Crippen LogP contribution in [-0.2, 0) is 7.05 Å². The smallest absolute Gasteiger partial charge is 0.133 e. The number of aromatic nitrogens is 4. The SMILES string of the molecule is Cn1nncc1-c1ccon1. The fourth-order valence-corrected chi connectivity index (χ4v) is 0.866. The minimum absolute atomic E-state index is 0.748. The molecule has 56 valence electrons. The summed E-state index contributed by atoms with van der Waals surface area (Å²) in [6.07, 6.45) is 3.15. The van der Waals surface area contributed by atoms with Crippen molar-refractivity contribution < 1.29 is 4.52 Å². The summed E-state index contributed by atoms with van der Waals surface area (Å²) in [6.45, 7) is 0. The first kappa shape index (κ1) is 6.09. The summed E-state index contributed by atoms with van der Waals surface area (Å²) in [7, 11) is 1.80. The van der Waals surface area contributed by atoms with Gasteiger partial charge in [-0.3, -0.25) is 0 Å². The second-order valence-corrected chi connectivity index (χ2v) is 2.13. The normalized spacial score (nSPS) is 10.3. The fourth-order valence-electron chi connectivity index (χ4n) is 0.866. The molecular formula is C6H6N4O. The average Bonchev–Trinajstić information content (AvgIpc) is 2.55. The largest absolute Gasteiger partial charge is 0.364 e. The molecule has 0 fully saturated rings.